The molecule has 0 aliphatic rings. The first kappa shape index (κ1) is 14.0. The second-order valence-electron chi connectivity index (χ2n) is 4.18. The van der Waals surface area contributed by atoms with E-state index in [4.69, 9.17) is 10.5 Å². The zero-order valence-electron chi connectivity index (χ0n) is 10.3. The fourth-order valence-corrected chi connectivity index (χ4v) is 1.68. The molecule has 3 nitrogen and oxygen atoms in total. The molecule has 0 aliphatic carbocycles. The number of ether oxygens (including phenoxy) is 1. The first-order valence-electron chi connectivity index (χ1n) is 5.74. The molecule has 0 heterocycles. The maximum atomic E-state index is 12.8. The van der Waals surface area contributed by atoms with Crippen LogP contribution in [0.4, 0.5) is 18.9 Å². The quantitative estimate of drug-likeness (QED) is 0.668. The first-order valence-corrected chi connectivity index (χ1v) is 5.74. The zero-order valence-corrected chi connectivity index (χ0v) is 10.3. The minimum Gasteiger partial charge on any atom is -0.506 e. The van der Waals surface area contributed by atoms with Crippen LogP contribution in [0.2, 0.25) is 0 Å². The van der Waals surface area contributed by atoms with Gasteiger partial charge < -0.3 is 15.6 Å². The Kier molecular flexibility index (Phi) is 3.74. The highest BCUT2D eigenvalue weighted by atomic mass is 19.4. The molecular formula is C14H12F3NO2. The molecular weight excluding hydrogens is 271 g/mol. The number of phenols is 1. The lowest BCUT2D eigenvalue weighted by Crippen LogP contribution is -2.08. The van der Waals surface area contributed by atoms with Crippen LogP contribution in [0, 0.1) is 0 Å². The molecule has 0 amide bonds. The van der Waals surface area contributed by atoms with Gasteiger partial charge in [-0.3, -0.25) is 0 Å². The van der Waals surface area contributed by atoms with Crippen LogP contribution in [0.1, 0.15) is 11.1 Å². The lowest BCUT2D eigenvalue weighted by atomic mass is 10.2. The number of hydrogen-bond acceptors (Lipinski definition) is 3. The molecule has 0 radical (unpaired) electrons. The van der Waals surface area contributed by atoms with E-state index < -0.39 is 11.7 Å². The van der Waals surface area contributed by atoms with Crippen LogP contribution in [0.5, 0.6) is 11.5 Å². The fourth-order valence-electron chi connectivity index (χ4n) is 1.68. The molecule has 0 fully saturated rings. The van der Waals surface area contributed by atoms with Crippen LogP contribution in [-0.2, 0) is 12.8 Å². The van der Waals surface area contributed by atoms with Crippen LogP contribution < -0.4 is 10.5 Å². The second kappa shape index (κ2) is 5.32. The van der Waals surface area contributed by atoms with E-state index in [-0.39, 0.29) is 23.8 Å². The lowest BCUT2D eigenvalue weighted by molar-refractivity contribution is -0.139. The Bertz CT molecular complexity index is 612. The average Bonchev–Trinajstić information content (AvgIpc) is 2.39. The third-order valence-electron chi connectivity index (χ3n) is 2.68. The van der Waals surface area contributed by atoms with Crippen molar-refractivity contribution in [1.29, 1.82) is 0 Å². The molecule has 3 N–H and O–H groups in total. The van der Waals surface area contributed by atoms with Gasteiger partial charge >= 0.3 is 6.18 Å². The minimum atomic E-state index is -4.47. The molecule has 2 aromatic rings. The van der Waals surface area contributed by atoms with Gasteiger partial charge in [-0.05, 0) is 29.8 Å². The number of para-hydroxylation sites is 1. The van der Waals surface area contributed by atoms with E-state index in [2.05, 4.69) is 0 Å². The molecule has 0 unspecified atom stereocenters. The van der Waals surface area contributed by atoms with Crippen LogP contribution >= 0.6 is 0 Å². The highest BCUT2D eigenvalue weighted by Gasteiger charge is 2.33. The Hall–Kier alpha value is -2.37. The number of hydrogen-bond donors (Lipinski definition) is 2. The van der Waals surface area contributed by atoms with E-state index in [9.17, 15) is 18.3 Å². The van der Waals surface area contributed by atoms with E-state index in [1.165, 1.54) is 36.4 Å². The topological polar surface area (TPSA) is 55.5 Å². The standard InChI is InChI=1S/C14H12F3NO2/c15-14(16,17)10-3-1-2-4-13(10)20-8-9-5-6-12(19)11(18)7-9/h1-7,19H,8,18H2. The van der Waals surface area contributed by atoms with E-state index in [0.717, 1.165) is 6.07 Å². The van der Waals surface area contributed by atoms with Gasteiger partial charge in [0.2, 0.25) is 0 Å². The lowest BCUT2D eigenvalue weighted by Gasteiger charge is -2.14. The molecule has 0 aromatic heterocycles. The fraction of sp³-hybridized carbons (Fsp3) is 0.143. The maximum Gasteiger partial charge on any atom is 0.419 e. The van der Waals surface area contributed by atoms with Gasteiger partial charge in [-0.25, -0.2) is 0 Å². The summed E-state index contributed by atoms with van der Waals surface area (Å²) >= 11 is 0. The predicted octanol–water partition coefficient (Wildman–Crippen LogP) is 3.57. The van der Waals surface area contributed by atoms with E-state index in [1.54, 1.807) is 0 Å². The number of halogens is 3. The van der Waals surface area contributed by atoms with Gasteiger partial charge in [0, 0.05) is 0 Å². The maximum absolute atomic E-state index is 12.8. The van der Waals surface area contributed by atoms with Crippen LogP contribution in [0.3, 0.4) is 0 Å². The smallest absolute Gasteiger partial charge is 0.419 e. The van der Waals surface area contributed by atoms with Crippen LogP contribution in [0.25, 0.3) is 0 Å². The van der Waals surface area contributed by atoms with Crippen LogP contribution in [0.15, 0.2) is 42.5 Å². The Balaban J connectivity index is 2.17. The van der Waals surface area contributed by atoms with Crippen molar-refractivity contribution in [2.75, 3.05) is 5.73 Å². The minimum absolute atomic E-state index is 0.0719. The van der Waals surface area contributed by atoms with E-state index >= 15 is 0 Å². The van der Waals surface area contributed by atoms with Gasteiger partial charge in [-0.1, -0.05) is 18.2 Å². The molecule has 2 rings (SSSR count). The number of benzene rings is 2. The number of anilines is 1. The molecule has 106 valence electrons. The van der Waals surface area contributed by atoms with E-state index in [1.807, 2.05) is 0 Å². The summed E-state index contributed by atoms with van der Waals surface area (Å²) in [4.78, 5) is 0. The molecule has 2 aromatic carbocycles. The summed E-state index contributed by atoms with van der Waals surface area (Å²) in [5.74, 6) is -0.323. The molecule has 0 saturated heterocycles. The summed E-state index contributed by atoms with van der Waals surface area (Å²) in [5, 5.41) is 9.27. The molecule has 0 aliphatic heterocycles. The number of nitrogen functional groups attached to an aromatic ring is 1. The Morgan fingerprint density at radius 1 is 1.10 bits per heavy atom. The molecule has 0 bridgehead atoms. The number of phenolic OH excluding ortho intramolecular Hbond substituents is 1. The van der Waals surface area contributed by atoms with Gasteiger partial charge in [0.1, 0.15) is 18.1 Å². The average molecular weight is 283 g/mol. The van der Waals surface area contributed by atoms with Crippen molar-refractivity contribution in [3.63, 3.8) is 0 Å². The summed E-state index contributed by atoms with van der Waals surface area (Å²) in [6.07, 6.45) is -4.47. The highest BCUT2D eigenvalue weighted by molar-refractivity contribution is 5.53. The SMILES string of the molecule is Nc1cc(COc2ccccc2C(F)(F)F)ccc1O. The van der Waals surface area contributed by atoms with Gasteiger partial charge in [-0.15, -0.1) is 0 Å². The van der Waals surface area contributed by atoms with Crippen molar-refractivity contribution in [2.24, 2.45) is 0 Å². The van der Waals surface area contributed by atoms with Crippen molar-refractivity contribution >= 4 is 5.69 Å². The summed E-state index contributed by atoms with van der Waals surface area (Å²) in [5.41, 5.74) is 5.39. The summed E-state index contributed by atoms with van der Waals surface area (Å²) < 4.78 is 43.5. The van der Waals surface area contributed by atoms with Gasteiger partial charge in [0.05, 0.1) is 11.3 Å². The number of nitrogens with two attached hydrogens (primary N) is 1. The molecule has 0 saturated carbocycles. The highest BCUT2D eigenvalue weighted by Crippen LogP contribution is 2.36. The molecule has 20 heavy (non-hydrogen) atoms. The monoisotopic (exact) mass is 283 g/mol. The third-order valence-corrected chi connectivity index (χ3v) is 2.68. The summed E-state index contributed by atoms with van der Waals surface area (Å²) in [7, 11) is 0. The van der Waals surface area contributed by atoms with Gasteiger partial charge in [-0.2, -0.15) is 13.2 Å². The largest absolute Gasteiger partial charge is 0.506 e. The molecule has 6 heteroatoms. The van der Waals surface area contributed by atoms with Crippen molar-refractivity contribution < 1.29 is 23.0 Å². The van der Waals surface area contributed by atoms with Gasteiger partial charge in [0.15, 0.2) is 0 Å². The number of alkyl halides is 3. The second-order valence-corrected chi connectivity index (χ2v) is 4.18. The van der Waals surface area contributed by atoms with Crippen molar-refractivity contribution in [3.8, 4) is 11.5 Å². The number of aromatic hydroxyl groups is 1. The molecule has 0 atom stereocenters. The van der Waals surface area contributed by atoms with Crippen LogP contribution in [-0.4, -0.2) is 5.11 Å². The number of rotatable bonds is 3. The normalized spacial score (nSPS) is 11.3. The third kappa shape index (κ3) is 3.14. The Labute approximate surface area is 113 Å². The van der Waals surface area contributed by atoms with Crippen molar-refractivity contribution in [1.82, 2.24) is 0 Å². The summed E-state index contributed by atoms with van der Waals surface area (Å²) in [6.45, 7) is -0.0719. The zero-order chi connectivity index (χ0) is 14.8. The molecule has 0 spiro atoms. The van der Waals surface area contributed by atoms with Gasteiger partial charge in [0.25, 0.3) is 0 Å². The van der Waals surface area contributed by atoms with E-state index in [0.29, 0.717) is 5.56 Å². The van der Waals surface area contributed by atoms with Crippen molar-refractivity contribution in [2.45, 2.75) is 12.8 Å². The summed E-state index contributed by atoms with van der Waals surface area (Å²) in [6, 6.07) is 9.33. The first-order chi connectivity index (χ1) is 9.38. The van der Waals surface area contributed by atoms with Crippen molar-refractivity contribution in [3.05, 3.63) is 53.6 Å². The predicted molar refractivity (Wildman–Crippen MR) is 68.3 cm³/mol. The Morgan fingerprint density at radius 3 is 2.45 bits per heavy atom. The Morgan fingerprint density at radius 2 is 1.80 bits per heavy atom.